The normalized spacial score (nSPS) is 9.95. The monoisotopic (exact) mass is 409 g/mol. The van der Waals surface area contributed by atoms with E-state index in [1.165, 1.54) is 11.8 Å². The molecule has 0 amide bonds. The van der Waals surface area contributed by atoms with Gasteiger partial charge in [0.1, 0.15) is 0 Å². The van der Waals surface area contributed by atoms with Crippen LogP contribution < -0.4 is 0 Å². The number of carbonyl (C=O) groups excluding carboxylic acids is 1. The topological polar surface area (TPSA) is 50.1 Å². The molecule has 0 aliphatic carbocycles. The van der Waals surface area contributed by atoms with Crippen LogP contribution in [0.2, 0.25) is 0 Å². The van der Waals surface area contributed by atoms with E-state index in [1.807, 2.05) is 30.3 Å². The predicted molar refractivity (Wildman–Crippen MR) is 90.4 cm³/mol. The molecule has 0 spiro atoms. The van der Waals surface area contributed by atoms with Crippen molar-refractivity contribution in [2.75, 3.05) is 6.61 Å². The number of nitrogens with zero attached hydrogens (tertiary/aromatic N) is 1. The van der Waals surface area contributed by atoms with E-state index in [0.717, 1.165) is 13.4 Å². The van der Waals surface area contributed by atoms with Gasteiger partial charge in [0.2, 0.25) is 0 Å². The second-order valence-corrected chi connectivity index (χ2v) is 6.46. The van der Waals surface area contributed by atoms with E-state index in [2.05, 4.69) is 28.7 Å². The van der Waals surface area contributed by atoms with Gasteiger partial charge in [-0.25, -0.2) is 4.79 Å². The molecular weight excluding hydrogens is 397 g/mol. The molecular formula is C16H12INO2S. The van der Waals surface area contributed by atoms with Crippen molar-refractivity contribution in [1.29, 1.82) is 5.26 Å². The fourth-order valence-electron chi connectivity index (χ4n) is 1.68. The molecule has 0 aliphatic rings. The van der Waals surface area contributed by atoms with Gasteiger partial charge in [-0.05, 0) is 72.0 Å². The molecule has 0 bridgehead atoms. The summed E-state index contributed by atoms with van der Waals surface area (Å²) in [5.74, 6) is -0.313. The third kappa shape index (κ3) is 4.22. The Kier molecular flexibility index (Phi) is 5.65. The van der Waals surface area contributed by atoms with Crippen LogP contribution in [-0.4, -0.2) is 12.6 Å². The van der Waals surface area contributed by atoms with Gasteiger partial charge in [-0.15, -0.1) is 0 Å². The van der Waals surface area contributed by atoms with Crippen molar-refractivity contribution < 1.29 is 9.53 Å². The second kappa shape index (κ2) is 7.48. The van der Waals surface area contributed by atoms with Crippen molar-refractivity contribution in [1.82, 2.24) is 0 Å². The van der Waals surface area contributed by atoms with Gasteiger partial charge in [-0.2, -0.15) is 5.26 Å². The maximum atomic E-state index is 12.0. The van der Waals surface area contributed by atoms with Crippen LogP contribution in [0.5, 0.6) is 0 Å². The van der Waals surface area contributed by atoms with Gasteiger partial charge in [0.25, 0.3) is 0 Å². The number of halogens is 1. The predicted octanol–water partition coefficient (Wildman–Crippen LogP) is 4.49. The lowest BCUT2D eigenvalue weighted by atomic mass is 10.2. The number of rotatable bonds is 4. The van der Waals surface area contributed by atoms with Gasteiger partial charge in [-0.3, -0.25) is 0 Å². The summed E-state index contributed by atoms with van der Waals surface area (Å²) >= 11 is 3.65. The van der Waals surface area contributed by atoms with Gasteiger partial charge in [0.15, 0.2) is 0 Å². The molecule has 106 valence electrons. The molecule has 0 unspecified atom stereocenters. The summed E-state index contributed by atoms with van der Waals surface area (Å²) in [7, 11) is 0. The maximum absolute atomic E-state index is 12.0. The summed E-state index contributed by atoms with van der Waals surface area (Å²) in [5.41, 5.74) is 1.19. The Balaban J connectivity index is 2.30. The summed E-state index contributed by atoms with van der Waals surface area (Å²) in [5, 5.41) is 8.81. The summed E-state index contributed by atoms with van der Waals surface area (Å²) < 4.78 is 6.09. The van der Waals surface area contributed by atoms with Crippen LogP contribution >= 0.6 is 34.4 Å². The van der Waals surface area contributed by atoms with Crippen LogP contribution in [0.1, 0.15) is 22.8 Å². The van der Waals surface area contributed by atoms with E-state index in [-0.39, 0.29) is 5.97 Å². The highest BCUT2D eigenvalue weighted by atomic mass is 127. The molecule has 0 aromatic heterocycles. The highest BCUT2D eigenvalue weighted by Gasteiger charge is 2.14. The van der Waals surface area contributed by atoms with Crippen LogP contribution in [0, 0.1) is 14.9 Å². The minimum Gasteiger partial charge on any atom is -0.462 e. The average Bonchev–Trinajstić information content (AvgIpc) is 2.50. The molecule has 3 nitrogen and oxygen atoms in total. The number of carbonyl (C=O) groups is 1. The quantitative estimate of drug-likeness (QED) is 0.552. The van der Waals surface area contributed by atoms with E-state index >= 15 is 0 Å². The number of hydrogen-bond donors (Lipinski definition) is 0. The van der Waals surface area contributed by atoms with Gasteiger partial charge >= 0.3 is 5.97 Å². The molecule has 2 aromatic carbocycles. The van der Waals surface area contributed by atoms with Crippen molar-refractivity contribution in [3.8, 4) is 6.07 Å². The van der Waals surface area contributed by atoms with Crippen LogP contribution in [0.4, 0.5) is 0 Å². The number of esters is 1. The third-order valence-corrected chi connectivity index (χ3v) is 4.40. The first-order chi connectivity index (χ1) is 10.1. The molecule has 0 aliphatic heterocycles. The van der Waals surface area contributed by atoms with Crippen LogP contribution in [0.15, 0.2) is 52.3 Å². The van der Waals surface area contributed by atoms with Gasteiger partial charge in [0.05, 0.1) is 23.8 Å². The fraction of sp³-hybridized carbons (Fsp3) is 0.125. The molecule has 0 N–H and O–H groups in total. The molecule has 0 atom stereocenters. The number of hydrogen-bond acceptors (Lipinski definition) is 4. The lowest BCUT2D eigenvalue weighted by Gasteiger charge is -2.09. The van der Waals surface area contributed by atoms with Crippen LogP contribution in [-0.2, 0) is 4.74 Å². The third-order valence-electron chi connectivity index (χ3n) is 2.65. The molecule has 2 aromatic rings. The molecule has 0 saturated carbocycles. The van der Waals surface area contributed by atoms with Crippen molar-refractivity contribution in [3.05, 3.63) is 57.2 Å². The zero-order valence-electron chi connectivity index (χ0n) is 11.3. The second-order valence-electron chi connectivity index (χ2n) is 4.10. The first kappa shape index (κ1) is 15.9. The average molecular weight is 409 g/mol. The molecule has 21 heavy (non-hydrogen) atoms. The lowest BCUT2D eigenvalue weighted by molar-refractivity contribution is 0.0522. The highest BCUT2D eigenvalue weighted by Crippen LogP contribution is 2.32. The molecule has 0 heterocycles. The Morgan fingerprint density at radius 2 is 2.00 bits per heavy atom. The van der Waals surface area contributed by atoms with E-state index in [0.29, 0.717) is 17.7 Å². The smallest absolute Gasteiger partial charge is 0.339 e. The Morgan fingerprint density at radius 1 is 1.29 bits per heavy atom. The Hall–Kier alpha value is -1.52. The number of nitriles is 1. The van der Waals surface area contributed by atoms with Crippen molar-refractivity contribution in [3.63, 3.8) is 0 Å². The number of benzene rings is 2. The van der Waals surface area contributed by atoms with Crippen molar-refractivity contribution in [2.24, 2.45) is 0 Å². The zero-order chi connectivity index (χ0) is 15.2. The maximum Gasteiger partial charge on any atom is 0.339 e. The minimum absolute atomic E-state index is 0.313. The first-order valence-electron chi connectivity index (χ1n) is 6.28. The standard InChI is InChI=1S/C16H12INO2S/c1-2-20-16(19)14-9-12(17)5-8-15(14)21-13-6-3-11(10-18)4-7-13/h3-9H,2H2,1H3. The van der Waals surface area contributed by atoms with Crippen molar-refractivity contribution >= 4 is 40.3 Å². The first-order valence-corrected chi connectivity index (χ1v) is 8.18. The Bertz CT molecular complexity index is 692. The SMILES string of the molecule is CCOC(=O)c1cc(I)ccc1Sc1ccc(C#N)cc1. The molecule has 0 fully saturated rings. The van der Waals surface area contributed by atoms with Crippen molar-refractivity contribution in [2.45, 2.75) is 16.7 Å². The van der Waals surface area contributed by atoms with Crippen LogP contribution in [0.3, 0.4) is 0 Å². The molecule has 2 rings (SSSR count). The molecule has 0 saturated heterocycles. The zero-order valence-corrected chi connectivity index (χ0v) is 14.3. The Morgan fingerprint density at radius 3 is 2.62 bits per heavy atom. The summed E-state index contributed by atoms with van der Waals surface area (Å²) in [4.78, 5) is 13.8. The van der Waals surface area contributed by atoms with E-state index in [9.17, 15) is 4.79 Å². The number of ether oxygens (including phenoxy) is 1. The van der Waals surface area contributed by atoms with Gasteiger partial charge in [0, 0.05) is 13.4 Å². The summed E-state index contributed by atoms with van der Waals surface area (Å²) in [6.07, 6.45) is 0. The highest BCUT2D eigenvalue weighted by molar-refractivity contribution is 14.1. The lowest BCUT2D eigenvalue weighted by Crippen LogP contribution is -2.06. The summed E-state index contributed by atoms with van der Waals surface area (Å²) in [6.45, 7) is 2.14. The largest absolute Gasteiger partial charge is 0.462 e. The van der Waals surface area contributed by atoms with Gasteiger partial charge < -0.3 is 4.74 Å². The van der Waals surface area contributed by atoms with E-state index < -0.39 is 0 Å². The van der Waals surface area contributed by atoms with E-state index in [1.54, 1.807) is 19.1 Å². The fourth-order valence-corrected chi connectivity index (χ4v) is 3.09. The minimum atomic E-state index is -0.313. The van der Waals surface area contributed by atoms with Crippen LogP contribution in [0.25, 0.3) is 0 Å². The van der Waals surface area contributed by atoms with E-state index in [4.69, 9.17) is 10.00 Å². The molecule has 5 heteroatoms. The molecule has 0 radical (unpaired) electrons. The summed E-state index contributed by atoms with van der Waals surface area (Å²) in [6, 6.07) is 15.0. The van der Waals surface area contributed by atoms with Gasteiger partial charge in [-0.1, -0.05) is 11.8 Å². The Labute approximate surface area is 141 Å².